The first-order valence-electron chi connectivity index (χ1n) is 5.78. The van der Waals surface area contributed by atoms with Gasteiger partial charge in [-0.1, -0.05) is 0 Å². The molecule has 1 aliphatic heterocycles. The maximum atomic E-state index is 12.3. The Bertz CT molecular complexity index is 344. The van der Waals surface area contributed by atoms with Crippen LogP contribution in [0.3, 0.4) is 0 Å². The first-order chi connectivity index (χ1) is 7.80. The topological polar surface area (TPSA) is 70.1 Å². The number of morpholine rings is 1. The van der Waals surface area contributed by atoms with E-state index in [0.29, 0.717) is 6.61 Å². The molecule has 0 radical (unpaired) electrons. The summed E-state index contributed by atoms with van der Waals surface area (Å²) in [5.41, 5.74) is 0. The van der Waals surface area contributed by atoms with Crippen LogP contribution < -0.4 is 0 Å². The van der Waals surface area contributed by atoms with Crippen LogP contribution in [0.2, 0.25) is 0 Å². The van der Waals surface area contributed by atoms with E-state index in [9.17, 15) is 8.42 Å². The number of rotatable bonds is 4. The Balaban J connectivity index is 2.88. The van der Waals surface area contributed by atoms with E-state index in [4.69, 9.17) is 9.84 Å². The summed E-state index contributed by atoms with van der Waals surface area (Å²) < 4.78 is 32.7. The van der Waals surface area contributed by atoms with Crippen LogP contribution in [0.25, 0.3) is 0 Å². The number of hydrogen-bond donors (Lipinski definition) is 1. The van der Waals surface area contributed by atoms with Crippen LogP contribution in [0, 0.1) is 0 Å². The second-order valence-corrected chi connectivity index (χ2v) is 6.62. The van der Waals surface area contributed by atoms with Crippen molar-refractivity contribution in [3.05, 3.63) is 0 Å². The third kappa shape index (κ3) is 3.17. The Morgan fingerprint density at radius 1 is 1.53 bits per heavy atom. The van der Waals surface area contributed by atoms with Gasteiger partial charge in [-0.3, -0.25) is 0 Å². The molecule has 6 nitrogen and oxygen atoms in total. The van der Waals surface area contributed by atoms with E-state index in [2.05, 4.69) is 0 Å². The molecule has 7 heteroatoms. The predicted octanol–water partition coefficient (Wildman–Crippen LogP) is -0.347. The Kier molecular flexibility index (Phi) is 4.91. The van der Waals surface area contributed by atoms with Crippen molar-refractivity contribution in [2.75, 3.05) is 26.8 Å². The van der Waals surface area contributed by atoms with Gasteiger partial charge in [0, 0.05) is 25.7 Å². The number of hydrogen-bond acceptors (Lipinski definition) is 4. The molecule has 17 heavy (non-hydrogen) atoms. The van der Waals surface area contributed by atoms with E-state index in [-0.39, 0.29) is 25.2 Å². The zero-order chi connectivity index (χ0) is 13.2. The molecule has 1 saturated heterocycles. The lowest BCUT2D eigenvalue weighted by molar-refractivity contribution is -0.0530. The first-order valence-corrected chi connectivity index (χ1v) is 7.17. The summed E-state index contributed by atoms with van der Waals surface area (Å²) in [7, 11) is -1.91. The van der Waals surface area contributed by atoms with Crippen molar-refractivity contribution in [2.45, 2.75) is 39.0 Å². The van der Waals surface area contributed by atoms with Crippen molar-refractivity contribution in [1.29, 1.82) is 0 Å². The van der Waals surface area contributed by atoms with Crippen LogP contribution in [0.15, 0.2) is 0 Å². The highest BCUT2D eigenvalue weighted by Gasteiger charge is 2.37. The standard InChI is InChI=1S/C10H22N2O4S/c1-8(2)11(4)17(14,15)12-5-10(6-13)16-7-9(12)3/h8-10,13H,5-7H2,1-4H3. The van der Waals surface area contributed by atoms with Crippen LogP contribution in [0.4, 0.5) is 0 Å². The Morgan fingerprint density at radius 2 is 2.12 bits per heavy atom. The normalized spacial score (nSPS) is 27.9. The number of nitrogens with zero attached hydrogens (tertiary/aromatic N) is 2. The van der Waals surface area contributed by atoms with Crippen LogP contribution in [0.1, 0.15) is 20.8 Å². The molecule has 1 rings (SSSR count). The fraction of sp³-hybridized carbons (Fsp3) is 1.00. The zero-order valence-corrected chi connectivity index (χ0v) is 11.6. The van der Waals surface area contributed by atoms with E-state index in [0.717, 1.165) is 0 Å². The van der Waals surface area contributed by atoms with E-state index in [1.165, 1.54) is 8.61 Å². The molecule has 0 aromatic heterocycles. The van der Waals surface area contributed by atoms with Gasteiger partial charge >= 0.3 is 0 Å². The average Bonchev–Trinajstić information content (AvgIpc) is 2.28. The van der Waals surface area contributed by atoms with Crippen molar-refractivity contribution in [1.82, 2.24) is 8.61 Å². The van der Waals surface area contributed by atoms with Gasteiger partial charge in [-0.15, -0.1) is 0 Å². The molecular formula is C10H22N2O4S. The Morgan fingerprint density at radius 3 is 2.59 bits per heavy atom. The van der Waals surface area contributed by atoms with Crippen LogP contribution >= 0.6 is 0 Å². The number of aliphatic hydroxyl groups excluding tert-OH is 1. The van der Waals surface area contributed by atoms with E-state index in [1.54, 1.807) is 14.0 Å². The highest BCUT2D eigenvalue weighted by molar-refractivity contribution is 7.86. The summed E-state index contributed by atoms with van der Waals surface area (Å²) in [4.78, 5) is 0. The minimum Gasteiger partial charge on any atom is -0.394 e. The SMILES string of the molecule is CC(C)N(C)S(=O)(=O)N1CC(CO)OCC1C. The third-order valence-electron chi connectivity index (χ3n) is 3.04. The first kappa shape index (κ1) is 14.8. The number of ether oxygens (including phenoxy) is 1. The van der Waals surface area contributed by atoms with Crippen molar-refractivity contribution >= 4 is 10.2 Å². The van der Waals surface area contributed by atoms with E-state index in [1.807, 2.05) is 13.8 Å². The van der Waals surface area contributed by atoms with Gasteiger partial charge in [-0.25, -0.2) is 0 Å². The van der Waals surface area contributed by atoms with Gasteiger partial charge in [0.05, 0.1) is 19.3 Å². The van der Waals surface area contributed by atoms with Gasteiger partial charge in [-0.05, 0) is 20.8 Å². The molecule has 0 aliphatic carbocycles. The Labute approximate surface area is 103 Å². The second-order valence-electron chi connectivity index (χ2n) is 4.67. The highest BCUT2D eigenvalue weighted by atomic mass is 32.2. The quantitative estimate of drug-likeness (QED) is 0.755. The molecule has 0 bridgehead atoms. The molecule has 0 aromatic rings. The summed E-state index contributed by atoms with van der Waals surface area (Å²) in [5, 5.41) is 9.05. The van der Waals surface area contributed by atoms with Gasteiger partial charge in [0.2, 0.25) is 0 Å². The van der Waals surface area contributed by atoms with Crippen molar-refractivity contribution < 1.29 is 18.3 Å². The Hall–Kier alpha value is -0.210. The summed E-state index contributed by atoms with van der Waals surface area (Å²) in [6, 6.07) is -0.299. The lowest BCUT2D eigenvalue weighted by Crippen LogP contribution is -2.56. The van der Waals surface area contributed by atoms with Gasteiger partial charge in [0.15, 0.2) is 0 Å². The molecule has 1 heterocycles. The van der Waals surface area contributed by atoms with Crippen molar-refractivity contribution in [3.8, 4) is 0 Å². The van der Waals surface area contributed by atoms with Gasteiger partial charge < -0.3 is 9.84 Å². The molecule has 1 aliphatic rings. The summed E-state index contributed by atoms with van der Waals surface area (Å²) in [6.45, 7) is 5.81. The van der Waals surface area contributed by atoms with Crippen molar-refractivity contribution in [3.63, 3.8) is 0 Å². The van der Waals surface area contributed by atoms with Crippen molar-refractivity contribution in [2.24, 2.45) is 0 Å². The van der Waals surface area contributed by atoms with Crippen LogP contribution in [-0.4, -0.2) is 67.1 Å². The molecule has 2 unspecified atom stereocenters. The molecule has 0 spiro atoms. The maximum Gasteiger partial charge on any atom is 0.282 e. The van der Waals surface area contributed by atoms with Gasteiger partial charge in [0.25, 0.3) is 10.2 Å². The second kappa shape index (κ2) is 5.62. The average molecular weight is 266 g/mol. The molecule has 1 fully saturated rings. The molecular weight excluding hydrogens is 244 g/mol. The number of aliphatic hydroxyl groups is 1. The van der Waals surface area contributed by atoms with Crippen LogP contribution in [0.5, 0.6) is 0 Å². The molecule has 1 N–H and O–H groups in total. The molecule has 2 atom stereocenters. The molecule has 102 valence electrons. The van der Waals surface area contributed by atoms with Gasteiger partial charge in [0.1, 0.15) is 0 Å². The largest absolute Gasteiger partial charge is 0.394 e. The van der Waals surface area contributed by atoms with Crippen LogP contribution in [-0.2, 0) is 14.9 Å². The summed E-state index contributed by atoms with van der Waals surface area (Å²) in [6.07, 6.45) is -0.429. The van der Waals surface area contributed by atoms with E-state index >= 15 is 0 Å². The zero-order valence-electron chi connectivity index (χ0n) is 10.8. The minimum absolute atomic E-state index is 0.0948. The highest BCUT2D eigenvalue weighted by Crippen LogP contribution is 2.19. The maximum absolute atomic E-state index is 12.3. The minimum atomic E-state index is -3.48. The lowest BCUT2D eigenvalue weighted by atomic mass is 10.2. The lowest BCUT2D eigenvalue weighted by Gasteiger charge is -2.39. The monoisotopic (exact) mass is 266 g/mol. The smallest absolute Gasteiger partial charge is 0.282 e. The summed E-state index contributed by atoms with van der Waals surface area (Å²) >= 11 is 0. The fourth-order valence-corrected chi connectivity index (χ4v) is 3.39. The van der Waals surface area contributed by atoms with E-state index < -0.39 is 16.3 Å². The molecule has 0 saturated carbocycles. The third-order valence-corrected chi connectivity index (χ3v) is 5.29. The predicted molar refractivity (Wildman–Crippen MR) is 64.8 cm³/mol. The van der Waals surface area contributed by atoms with Gasteiger partial charge in [-0.2, -0.15) is 17.0 Å². The molecule has 0 aromatic carbocycles. The summed E-state index contributed by atoms with van der Waals surface area (Å²) in [5.74, 6) is 0. The molecule has 0 amide bonds. The fourth-order valence-electron chi connectivity index (χ4n) is 1.66.